The van der Waals surface area contributed by atoms with Gasteiger partial charge in [0.05, 0.1) is 6.54 Å². The molecule has 0 spiro atoms. The van der Waals surface area contributed by atoms with Gasteiger partial charge in [-0.15, -0.1) is 22.0 Å². The molecule has 2 aliphatic heterocycles. The molecule has 0 fully saturated rings. The lowest BCUT2D eigenvalue weighted by molar-refractivity contribution is 0.208. The van der Waals surface area contributed by atoms with Crippen LogP contribution in [0.5, 0.6) is 0 Å². The maximum absolute atomic E-state index is 4.19. The fraction of sp³-hybridized carbons (Fsp3) is 0.429. The summed E-state index contributed by atoms with van der Waals surface area (Å²) >= 11 is 1.99. The standard InChI is InChI=1S/C14H16N4S/c1-2-4-13-12(3-1)11(9-19-13)7-17-5-6-18-10-15-16-14(18)8-17/h1-4,10-11H,5-9H2. The highest BCUT2D eigenvalue weighted by atomic mass is 32.2. The van der Waals surface area contributed by atoms with Gasteiger partial charge in [-0.25, -0.2) is 0 Å². The first-order valence-corrected chi connectivity index (χ1v) is 7.69. The summed E-state index contributed by atoms with van der Waals surface area (Å²) in [6.45, 7) is 4.19. The van der Waals surface area contributed by atoms with Crippen LogP contribution in [0.25, 0.3) is 0 Å². The summed E-state index contributed by atoms with van der Waals surface area (Å²) in [6.07, 6.45) is 1.84. The summed E-state index contributed by atoms with van der Waals surface area (Å²) < 4.78 is 2.16. The molecular weight excluding hydrogens is 256 g/mol. The maximum Gasteiger partial charge on any atom is 0.147 e. The number of nitrogens with zero attached hydrogens (tertiary/aromatic N) is 4. The molecule has 0 amide bonds. The van der Waals surface area contributed by atoms with E-state index in [0.717, 1.165) is 32.0 Å². The molecule has 1 atom stereocenters. The largest absolute Gasteiger partial charge is 0.315 e. The Kier molecular flexibility index (Phi) is 2.81. The van der Waals surface area contributed by atoms with Gasteiger partial charge in [0.1, 0.15) is 12.2 Å². The average molecular weight is 272 g/mol. The highest BCUT2D eigenvalue weighted by molar-refractivity contribution is 7.99. The molecule has 19 heavy (non-hydrogen) atoms. The van der Waals surface area contributed by atoms with Crippen molar-refractivity contribution in [3.63, 3.8) is 0 Å². The summed E-state index contributed by atoms with van der Waals surface area (Å²) in [5, 5.41) is 8.18. The Morgan fingerprint density at radius 3 is 3.21 bits per heavy atom. The number of benzene rings is 1. The first-order chi connectivity index (χ1) is 9.40. The zero-order valence-corrected chi connectivity index (χ0v) is 11.5. The van der Waals surface area contributed by atoms with Gasteiger partial charge in [0.15, 0.2) is 0 Å². The summed E-state index contributed by atoms with van der Waals surface area (Å²) in [5.74, 6) is 2.98. The van der Waals surface area contributed by atoms with Gasteiger partial charge in [-0.05, 0) is 11.6 Å². The van der Waals surface area contributed by atoms with Crippen LogP contribution in [0.1, 0.15) is 17.3 Å². The minimum Gasteiger partial charge on any atom is -0.315 e. The van der Waals surface area contributed by atoms with E-state index in [1.807, 2.05) is 18.1 Å². The van der Waals surface area contributed by atoms with Gasteiger partial charge in [0.25, 0.3) is 0 Å². The Hall–Kier alpha value is -1.33. The molecule has 5 heteroatoms. The minimum absolute atomic E-state index is 0.663. The van der Waals surface area contributed by atoms with Crippen molar-refractivity contribution < 1.29 is 0 Å². The molecule has 2 aliphatic rings. The normalized spacial score (nSPS) is 22.2. The zero-order chi connectivity index (χ0) is 12.7. The lowest BCUT2D eigenvalue weighted by Gasteiger charge is -2.29. The second-order valence-electron chi connectivity index (χ2n) is 5.22. The summed E-state index contributed by atoms with van der Waals surface area (Å²) in [4.78, 5) is 3.98. The molecule has 0 bridgehead atoms. The molecule has 0 saturated carbocycles. The van der Waals surface area contributed by atoms with E-state index >= 15 is 0 Å². The molecule has 98 valence electrons. The van der Waals surface area contributed by atoms with Crippen molar-refractivity contribution in [2.45, 2.75) is 23.9 Å². The van der Waals surface area contributed by atoms with Crippen LogP contribution in [0.4, 0.5) is 0 Å². The summed E-state index contributed by atoms with van der Waals surface area (Å²) in [5.41, 5.74) is 1.53. The Morgan fingerprint density at radius 1 is 1.26 bits per heavy atom. The fourth-order valence-corrected chi connectivity index (χ4v) is 4.21. The first kappa shape index (κ1) is 11.5. The van der Waals surface area contributed by atoms with Crippen LogP contribution in [-0.2, 0) is 13.1 Å². The van der Waals surface area contributed by atoms with Gasteiger partial charge >= 0.3 is 0 Å². The highest BCUT2D eigenvalue weighted by Gasteiger charge is 2.26. The monoisotopic (exact) mass is 272 g/mol. The van der Waals surface area contributed by atoms with Crippen LogP contribution in [-0.4, -0.2) is 38.5 Å². The third kappa shape index (κ3) is 2.07. The lowest BCUT2D eigenvalue weighted by atomic mass is 10.0. The molecule has 4 nitrogen and oxygen atoms in total. The van der Waals surface area contributed by atoms with E-state index in [1.54, 1.807) is 0 Å². The average Bonchev–Trinajstić information content (AvgIpc) is 3.06. The van der Waals surface area contributed by atoms with E-state index in [0.29, 0.717) is 5.92 Å². The van der Waals surface area contributed by atoms with Gasteiger partial charge in [0.2, 0.25) is 0 Å². The third-order valence-corrected chi connectivity index (χ3v) is 5.25. The zero-order valence-electron chi connectivity index (χ0n) is 10.7. The van der Waals surface area contributed by atoms with E-state index in [4.69, 9.17) is 0 Å². The number of fused-ring (bicyclic) bond motifs is 2. The Balaban J connectivity index is 1.49. The van der Waals surface area contributed by atoms with Crippen LogP contribution in [0.15, 0.2) is 35.5 Å². The molecule has 0 aliphatic carbocycles. The molecule has 0 saturated heterocycles. The smallest absolute Gasteiger partial charge is 0.147 e. The molecule has 1 aromatic carbocycles. The van der Waals surface area contributed by atoms with Gasteiger partial charge in [-0.3, -0.25) is 4.90 Å². The topological polar surface area (TPSA) is 34.0 Å². The van der Waals surface area contributed by atoms with Crippen molar-refractivity contribution in [2.75, 3.05) is 18.8 Å². The number of hydrogen-bond donors (Lipinski definition) is 0. The second-order valence-corrected chi connectivity index (χ2v) is 6.28. The minimum atomic E-state index is 0.663. The van der Waals surface area contributed by atoms with E-state index in [2.05, 4.69) is 43.9 Å². The van der Waals surface area contributed by atoms with Crippen LogP contribution in [0.3, 0.4) is 0 Å². The summed E-state index contributed by atoms with van der Waals surface area (Å²) in [6, 6.07) is 8.82. The molecular formula is C14H16N4S. The van der Waals surface area contributed by atoms with Gasteiger partial charge in [0, 0.05) is 36.2 Å². The van der Waals surface area contributed by atoms with Crippen LogP contribution >= 0.6 is 11.8 Å². The number of rotatable bonds is 2. The van der Waals surface area contributed by atoms with E-state index < -0.39 is 0 Å². The molecule has 4 rings (SSSR count). The molecule has 0 N–H and O–H groups in total. The molecule has 1 aromatic heterocycles. The molecule has 0 radical (unpaired) electrons. The predicted molar refractivity (Wildman–Crippen MR) is 75.2 cm³/mol. The molecule has 3 heterocycles. The van der Waals surface area contributed by atoms with Crippen molar-refractivity contribution in [3.8, 4) is 0 Å². The van der Waals surface area contributed by atoms with Crippen LogP contribution in [0.2, 0.25) is 0 Å². The Morgan fingerprint density at radius 2 is 2.21 bits per heavy atom. The number of thioether (sulfide) groups is 1. The predicted octanol–water partition coefficient (Wildman–Crippen LogP) is 1.98. The van der Waals surface area contributed by atoms with E-state index in [9.17, 15) is 0 Å². The SMILES string of the molecule is c1ccc2c(c1)SCC2CN1CCn2cnnc2C1. The van der Waals surface area contributed by atoms with Crippen molar-refractivity contribution in [1.82, 2.24) is 19.7 Å². The van der Waals surface area contributed by atoms with Gasteiger partial charge < -0.3 is 4.57 Å². The first-order valence-electron chi connectivity index (χ1n) is 6.71. The van der Waals surface area contributed by atoms with Crippen molar-refractivity contribution in [2.24, 2.45) is 0 Å². The van der Waals surface area contributed by atoms with E-state index in [1.165, 1.54) is 16.2 Å². The second kappa shape index (κ2) is 4.65. The van der Waals surface area contributed by atoms with Crippen LogP contribution in [0, 0.1) is 0 Å². The number of aromatic nitrogens is 3. The van der Waals surface area contributed by atoms with Crippen molar-refractivity contribution in [1.29, 1.82) is 0 Å². The Bertz CT molecular complexity index is 595. The Labute approximate surface area is 116 Å². The van der Waals surface area contributed by atoms with Crippen molar-refractivity contribution in [3.05, 3.63) is 42.0 Å². The number of hydrogen-bond acceptors (Lipinski definition) is 4. The van der Waals surface area contributed by atoms with Crippen LogP contribution < -0.4 is 0 Å². The fourth-order valence-electron chi connectivity index (χ4n) is 2.96. The molecule has 1 unspecified atom stereocenters. The van der Waals surface area contributed by atoms with E-state index in [-0.39, 0.29) is 0 Å². The lowest BCUT2D eigenvalue weighted by Crippen LogP contribution is -2.36. The van der Waals surface area contributed by atoms with Gasteiger partial charge in [-0.2, -0.15) is 0 Å². The maximum atomic E-state index is 4.19. The molecule has 2 aromatic rings. The quantitative estimate of drug-likeness (QED) is 0.837. The van der Waals surface area contributed by atoms with Gasteiger partial charge in [-0.1, -0.05) is 18.2 Å². The highest BCUT2D eigenvalue weighted by Crippen LogP contribution is 2.39. The third-order valence-electron chi connectivity index (χ3n) is 4.00. The summed E-state index contributed by atoms with van der Waals surface area (Å²) in [7, 11) is 0. The van der Waals surface area contributed by atoms with Crippen molar-refractivity contribution >= 4 is 11.8 Å².